The molecular weight excluding hydrogens is 216 g/mol. The van der Waals surface area contributed by atoms with Crippen molar-refractivity contribution < 1.29 is 13.6 Å². The van der Waals surface area contributed by atoms with Crippen molar-refractivity contribution in [3.63, 3.8) is 0 Å². The maximum absolute atomic E-state index is 10.9. The minimum Gasteiger partial charge on any atom is -0.323 e. The van der Waals surface area contributed by atoms with Crippen LogP contribution >= 0.6 is 0 Å². The van der Waals surface area contributed by atoms with Crippen LogP contribution in [-0.4, -0.2) is 14.7 Å². The second kappa shape index (κ2) is 5.28. The van der Waals surface area contributed by atoms with E-state index in [-0.39, 0.29) is 5.91 Å². The van der Waals surface area contributed by atoms with Crippen molar-refractivity contribution in [1.82, 2.24) is 0 Å². The first-order valence-electron chi connectivity index (χ1n) is 4.03. The van der Waals surface area contributed by atoms with E-state index in [4.69, 9.17) is 4.55 Å². The number of hydrogen-bond donors (Lipinski definition) is 3. The zero-order valence-corrected chi connectivity index (χ0v) is 8.58. The molecule has 6 heteroatoms. The number of carbonyl (C=O) groups is 1. The van der Waals surface area contributed by atoms with Crippen LogP contribution in [0.25, 0.3) is 0 Å². The number of rotatable bonds is 4. The van der Waals surface area contributed by atoms with Crippen LogP contribution < -0.4 is 10.0 Å². The first-order chi connectivity index (χ1) is 7.11. The molecule has 1 rings (SSSR count). The number of benzene rings is 1. The number of amides is 1. The van der Waals surface area contributed by atoms with Crippen LogP contribution in [0.5, 0.6) is 0 Å². The smallest absolute Gasteiger partial charge is 0.259 e. The van der Waals surface area contributed by atoms with E-state index in [1.165, 1.54) is 0 Å². The third-order valence-electron chi connectivity index (χ3n) is 1.54. The molecule has 3 N–H and O–H groups in total. The average molecular weight is 226 g/mol. The molecule has 0 fully saturated rings. The van der Waals surface area contributed by atoms with Gasteiger partial charge in [0.05, 0.1) is 0 Å². The molecule has 0 aliphatic carbocycles. The zero-order chi connectivity index (χ0) is 11.3. The van der Waals surface area contributed by atoms with Crippen molar-refractivity contribution >= 4 is 28.5 Å². The fraction of sp³-hybridized carbons (Fsp3) is 0. The fourth-order valence-electron chi connectivity index (χ4n) is 0.916. The van der Waals surface area contributed by atoms with Gasteiger partial charge in [-0.05, 0) is 30.3 Å². The highest BCUT2D eigenvalue weighted by atomic mass is 32.2. The number of nitrogens with one attached hydrogen (secondary N) is 2. The minimum atomic E-state index is -2.09. The lowest BCUT2D eigenvalue weighted by Crippen LogP contribution is -2.07. The van der Waals surface area contributed by atoms with Crippen LogP contribution in [0.2, 0.25) is 0 Å². The van der Waals surface area contributed by atoms with Gasteiger partial charge in [-0.25, -0.2) is 4.21 Å². The summed E-state index contributed by atoms with van der Waals surface area (Å²) in [5.74, 6) is -0.304. The molecule has 0 heterocycles. The van der Waals surface area contributed by atoms with Crippen LogP contribution in [0.1, 0.15) is 0 Å². The third kappa shape index (κ3) is 3.92. The number of carbonyl (C=O) groups excluding carboxylic acids is 1. The SMILES string of the molecule is C=CC(=O)Nc1ccc(NS(=O)O)cc1. The Labute approximate surface area is 89.6 Å². The van der Waals surface area contributed by atoms with Crippen molar-refractivity contribution in [2.24, 2.45) is 0 Å². The molecule has 1 unspecified atom stereocenters. The van der Waals surface area contributed by atoms with Crippen molar-refractivity contribution in [2.45, 2.75) is 0 Å². The van der Waals surface area contributed by atoms with Crippen molar-refractivity contribution in [2.75, 3.05) is 10.0 Å². The van der Waals surface area contributed by atoms with Crippen LogP contribution in [0.15, 0.2) is 36.9 Å². The van der Waals surface area contributed by atoms with E-state index in [0.29, 0.717) is 11.4 Å². The monoisotopic (exact) mass is 226 g/mol. The zero-order valence-electron chi connectivity index (χ0n) is 7.77. The van der Waals surface area contributed by atoms with E-state index in [9.17, 15) is 9.00 Å². The maximum atomic E-state index is 10.9. The molecule has 1 aromatic rings. The lowest BCUT2D eigenvalue weighted by Gasteiger charge is -2.04. The summed E-state index contributed by atoms with van der Waals surface area (Å²) in [6.07, 6.45) is 1.16. The molecule has 0 saturated carbocycles. The van der Waals surface area contributed by atoms with Crippen molar-refractivity contribution in [1.29, 1.82) is 0 Å². The Balaban J connectivity index is 2.67. The molecular formula is C9H10N2O3S. The quantitative estimate of drug-likeness (QED) is 0.535. The lowest BCUT2D eigenvalue weighted by atomic mass is 10.3. The molecule has 0 spiro atoms. The van der Waals surface area contributed by atoms with E-state index in [1.807, 2.05) is 0 Å². The standard InChI is InChI=1S/C9H10N2O3S/c1-2-9(12)10-7-3-5-8(6-4-7)11-15(13)14/h2-6,11H,1H2,(H,10,12)(H,13,14). The summed E-state index contributed by atoms with van der Waals surface area (Å²) >= 11 is -2.09. The molecule has 1 atom stereocenters. The molecule has 0 aliphatic rings. The highest BCUT2D eigenvalue weighted by Crippen LogP contribution is 2.13. The summed E-state index contributed by atoms with van der Waals surface area (Å²) in [5.41, 5.74) is 1.08. The second-order valence-corrected chi connectivity index (χ2v) is 3.32. The normalized spacial score (nSPS) is 11.5. The predicted molar refractivity (Wildman–Crippen MR) is 59.7 cm³/mol. The molecule has 15 heavy (non-hydrogen) atoms. The van der Waals surface area contributed by atoms with Gasteiger partial charge in [0.1, 0.15) is 0 Å². The molecule has 5 nitrogen and oxygen atoms in total. The molecule has 1 aromatic carbocycles. The van der Waals surface area contributed by atoms with E-state index in [1.54, 1.807) is 24.3 Å². The Morgan fingerprint density at radius 2 is 1.87 bits per heavy atom. The van der Waals surface area contributed by atoms with Crippen LogP contribution in [0, 0.1) is 0 Å². The molecule has 80 valence electrons. The molecule has 0 radical (unpaired) electrons. The third-order valence-corrected chi connectivity index (χ3v) is 1.95. The second-order valence-electron chi connectivity index (χ2n) is 2.62. The highest BCUT2D eigenvalue weighted by Gasteiger charge is 1.98. The molecule has 0 bridgehead atoms. The highest BCUT2D eigenvalue weighted by molar-refractivity contribution is 7.80. The van der Waals surface area contributed by atoms with Gasteiger partial charge in [-0.15, -0.1) is 0 Å². The van der Waals surface area contributed by atoms with E-state index in [2.05, 4.69) is 16.6 Å². The fourth-order valence-corrected chi connectivity index (χ4v) is 1.25. The Morgan fingerprint density at radius 3 is 2.33 bits per heavy atom. The first-order valence-corrected chi connectivity index (χ1v) is 5.13. The molecule has 0 saturated heterocycles. The van der Waals surface area contributed by atoms with Gasteiger partial charge in [-0.2, -0.15) is 0 Å². The Morgan fingerprint density at radius 1 is 1.33 bits per heavy atom. The lowest BCUT2D eigenvalue weighted by molar-refractivity contribution is -0.111. The summed E-state index contributed by atoms with van der Waals surface area (Å²) in [6, 6.07) is 6.37. The predicted octanol–water partition coefficient (Wildman–Crippen LogP) is 1.36. The van der Waals surface area contributed by atoms with Gasteiger partial charge in [-0.1, -0.05) is 6.58 Å². The largest absolute Gasteiger partial charge is 0.323 e. The Bertz CT molecular complexity index is 389. The summed E-state index contributed by atoms with van der Waals surface area (Å²) in [4.78, 5) is 10.9. The Kier molecular flexibility index (Phi) is 4.02. The molecule has 0 aliphatic heterocycles. The minimum absolute atomic E-state index is 0.304. The number of hydrogen-bond acceptors (Lipinski definition) is 2. The van der Waals surface area contributed by atoms with Gasteiger partial charge in [0.2, 0.25) is 5.91 Å². The Hall–Kier alpha value is -1.66. The topological polar surface area (TPSA) is 78.4 Å². The molecule has 1 amide bonds. The first kappa shape index (κ1) is 11.4. The summed E-state index contributed by atoms with van der Waals surface area (Å²) < 4.78 is 21.2. The van der Waals surface area contributed by atoms with Crippen LogP contribution in [-0.2, 0) is 16.1 Å². The van der Waals surface area contributed by atoms with Crippen molar-refractivity contribution in [3.8, 4) is 0 Å². The van der Waals surface area contributed by atoms with E-state index < -0.39 is 11.3 Å². The van der Waals surface area contributed by atoms with Crippen LogP contribution in [0.3, 0.4) is 0 Å². The van der Waals surface area contributed by atoms with Gasteiger partial charge in [0.15, 0.2) is 0 Å². The maximum Gasteiger partial charge on any atom is 0.259 e. The molecule has 0 aromatic heterocycles. The van der Waals surface area contributed by atoms with Crippen molar-refractivity contribution in [3.05, 3.63) is 36.9 Å². The van der Waals surface area contributed by atoms with Gasteiger partial charge in [0, 0.05) is 11.4 Å². The summed E-state index contributed by atoms with van der Waals surface area (Å²) in [6.45, 7) is 3.32. The number of anilines is 2. The van der Waals surface area contributed by atoms with E-state index >= 15 is 0 Å². The van der Waals surface area contributed by atoms with Gasteiger partial charge < -0.3 is 5.32 Å². The summed E-state index contributed by atoms with van der Waals surface area (Å²) in [5, 5.41) is 2.55. The van der Waals surface area contributed by atoms with E-state index in [0.717, 1.165) is 6.08 Å². The van der Waals surface area contributed by atoms with Gasteiger partial charge in [0.25, 0.3) is 11.3 Å². The summed E-state index contributed by atoms with van der Waals surface area (Å²) in [7, 11) is 0. The van der Waals surface area contributed by atoms with Gasteiger partial charge >= 0.3 is 0 Å². The van der Waals surface area contributed by atoms with Crippen LogP contribution in [0.4, 0.5) is 11.4 Å². The van der Waals surface area contributed by atoms with Gasteiger partial charge in [-0.3, -0.25) is 14.1 Å². The average Bonchev–Trinajstić information content (AvgIpc) is 2.20.